The van der Waals surface area contributed by atoms with Crippen molar-refractivity contribution in [3.8, 4) is 0 Å². The van der Waals surface area contributed by atoms with Crippen molar-refractivity contribution in [2.24, 2.45) is 7.05 Å². The quantitative estimate of drug-likeness (QED) is 0.523. The van der Waals surface area contributed by atoms with E-state index in [2.05, 4.69) is 10.3 Å². The Hall–Kier alpha value is -3.47. The molecule has 0 radical (unpaired) electrons. The standard InChI is InChI=1S/C26H34N6O4S/c1-16(30(5)25(35)36-26(2,3)4)20-29-22-19(23(34)31(20)6)28-24(37-22)32-14-10-13-18(32)21(33)27-15-17-11-8-7-9-12-17/h7-9,11-12,16,18H,10,13-15H2,1-6H3,(H,27,33)/t16-,18?/m0/s1. The van der Waals surface area contributed by atoms with E-state index in [1.54, 1.807) is 41.8 Å². The van der Waals surface area contributed by atoms with Crippen LogP contribution >= 0.6 is 11.3 Å². The van der Waals surface area contributed by atoms with Crippen LogP contribution in [-0.2, 0) is 23.1 Å². The number of amides is 2. The fourth-order valence-corrected chi connectivity index (χ4v) is 5.31. The molecule has 1 unspecified atom stereocenters. The Morgan fingerprint density at radius 2 is 1.95 bits per heavy atom. The number of nitrogens with zero attached hydrogens (tertiary/aromatic N) is 5. The molecule has 0 spiro atoms. The molecule has 0 saturated carbocycles. The zero-order valence-corrected chi connectivity index (χ0v) is 23.0. The SMILES string of the molecule is C[C@@H](c1nc2sc(N3CCCC3C(=O)NCc3ccccc3)nc2c(=O)n1C)N(C)C(=O)OC(C)(C)C. The van der Waals surface area contributed by atoms with E-state index in [1.807, 2.05) is 35.2 Å². The topological polar surface area (TPSA) is 110 Å². The number of anilines is 1. The van der Waals surface area contributed by atoms with Crippen molar-refractivity contribution >= 4 is 38.8 Å². The molecule has 3 aromatic rings. The molecule has 1 aromatic carbocycles. The zero-order valence-electron chi connectivity index (χ0n) is 22.1. The maximum Gasteiger partial charge on any atom is 0.410 e. The van der Waals surface area contributed by atoms with Crippen LogP contribution in [0, 0.1) is 0 Å². The van der Waals surface area contributed by atoms with Gasteiger partial charge in [0, 0.05) is 27.2 Å². The van der Waals surface area contributed by atoms with Gasteiger partial charge in [0.2, 0.25) is 5.91 Å². The Labute approximate surface area is 220 Å². The Bertz CT molecular complexity index is 1350. The van der Waals surface area contributed by atoms with E-state index in [9.17, 15) is 14.4 Å². The first-order valence-electron chi connectivity index (χ1n) is 12.4. The van der Waals surface area contributed by atoms with Gasteiger partial charge in [-0.15, -0.1) is 0 Å². The van der Waals surface area contributed by atoms with Gasteiger partial charge in [-0.25, -0.2) is 14.8 Å². The van der Waals surface area contributed by atoms with Gasteiger partial charge in [0.1, 0.15) is 17.5 Å². The fraction of sp³-hybridized carbons (Fsp3) is 0.500. The lowest BCUT2D eigenvalue weighted by molar-refractivity contribution is -0.122. The number of aromatic nitrogens is 3. The second-order valence-electron chi connectivity index (χ2n) is 10.3. The van der Waals surface area contributed by atoms with Crippen molar-refractivity contribution in [1.82, 2.24) is 24.8 Å². The van der Waals surface area contributed by atoms with Gasteiger partial charge < -0.3 is 19.9 Å². The normalized spacial score (nSPS) is 16.6. The number of fused-ring (bicyclic) bond motifs is 1. The molecule has 10 nitrogen and oxygen atoms in total. The van der Waals surface area contributed by atoms with Crippen LogP contribution in [0.15, 0.2) is 35.1 Å². The number of nitrogens with one attached hydrogen (secondary N) is 1. The van der Waals surface area contributed by atoms with Crippen LogP contribution in [0.25, 0.3) is 10.3 Å². The molecule has 1 N–H and O–H groups in total. The third-order valence-corrected chi connectivity index (χ3v) is 7.40. The summed E-state index contributed by atoms with van der Waals surface area (Å²) in [5, 5.41) is 3.62. The summed E-state index contributed by atoms with van der Waals surface area (Å²) in [5.41, 5.74) is 0.358. The van der Waals surface area contributed by atoms with Crippen LogP contribution in [0.3, 0.4) is 0 Å². The fourth-order valence-electron chi connectivity index (χ4n) is 4.29. The van der Waals surface area contributed by atoms with Crippen LogP contribution in [0.4, 0.5) is 9.93 Å². The van der Waals surface area contributed by atoms with Gasteiger partial charge in [0.05, 0.1) is 6.04 Å². The monoisotopic (exact) mass is 526 g/mol. The maximum absolute atomic E-state index is 13.2. The first kappa shape index (κ1) is 26.6. The number of carbonyl (C=O) groups is 2. The summed E-state index contributed by atoms with van der Waals surface area (Å²) in [5.74, 6) is 0.370. The molecule has 1 saturated heterocycles. The zero-order chi connectivity index (χ0) is 26.9. The highest BCUT2D eigenvalue weighted by atomic mass is 32.1. The summed E-state index contributed by atoms with van der Waals surface area (Å²) in [6, 6.07) is 8.91. The molecule has 2 amide bonds. The Balaban J connectivity index is 1.57. The molecule has 2 aromatic heterocycles. The summed E-state index contributed by atoms with van der Waals surface area (Å²) < 4.78 is 6.89. The second kappa shape index (κ2) is 10.5. The van der Waals surface area contributed by atoms with E-state index in [0.717, 1.165) is 12.0 Å². The minimum Gasteiger partial charge on any atom is -0.444 e. The molecule has 1 aliphatic heterocycles. The van der Waals surface area contributed by atoms with Gasteiger partial charge in [0.25, 0.3) is 5.56 Å². The molecule has 0 bridgehead atoms. The van der Waals surface area contributed by atoms with E-state index in [1.165, 1.54) is 20.8 Å². The number of hydrogen-bond acceptors (Lipinski definition) is 8. The van der Waals surface area contributed by atoms with E-state index < -0.39 is 17.7 Å². The van der Waals surface area contributed by atoms with Gasteiger partial charge in [-0.1, -0.05) is 41.7 Å². The van der Waals surface area contributed by atoms with Crippen LogP contribution in [0.5, 0.6) is 0 Å². The predicted octanol–water partition coefficient (Wildman–Crippen LogP) is 3.60. The second-order valence-corrected chi connectivity index (χ2v) is 11.3. The van der Waals surface area contributed by atoms with Gasteiger partial charge >= 0.3 is 6.09 Å². The van der Waals surface area contributed by atoms with Crippen LogP contribution in [0.1, 0.15) is 58.0 Å². The van der Waals surface area contributed by atoms with Gasteiger partial charge in [-0.2, -0.15) is 0 Å². The molecule has 11 heteroatoms. The molecular formula is C26H34N6O4S. The largest absolute Gasteiger partial charge is 0.444 e. The summed E-state index contributed by atoms with van der Waals surface area (Å²) in [7, 11) is 3.24. The van der Waals surface area contributed by atoms with Crippen molar-refractivity contribution in [1.29, 1.82) is 0 Å². The molecule has 1 aliphatic rings. The Kier molecular flexibility index (Phi) is 7.54. The Morgan fingerprint density at radius 3 is 2.62 bits per heavy atom. The lowest BCUT2D eigenvalue weighted by Crippen LogP contribution is -2.43. The van der Waals surface area contributed by atoms with E-state index >= 15 is 0 Å². The third-order valence-electron chi connectivity index (χ3n) is 6.41. The molecule has 3 heterocycles. The molecule has 198 valence electrons. The van der Waals surface area contributed by atoms with Crippen molar-refractivity contribution in [2.75, 3.05) is 18.5 Å². The summed E-state index contributed by atoms with van der Waals surface area (Å²) in [6.07, 6.45) is 1.07. The van der Waals surface area contributed by atoms with Crippen molar-refractivity contribution in [3.05, 3.63) is 52.1 Å². The molecule has 1 fully saturated rings. The van der Waals surface area contributed by atoms with Crippen LogP contribution in [0.2, 0.25) is 0 Å². The number of rotatable bonds is 6. The number of benzene rings is 1. The van der Waals surface area contributed by atoms with Crippen molar-refractivity contribution < 1.29 is 14.3 Å². The number of carbonyl (C=O) groups excluding carboxylic acids is 2. The molecule has 2 atom stereocenters. The van der Waals surface area contributed by atoms with Gasteiger partial charge in [-0.3, -0.25) is 14.2 Å². The third kappa shape index (κ3) is 5.76. The summed E-state index contributed by atoms with van der Waals surface area (Å²) in [6.45, 7) is 8.33. The highest BCUT2D eigenvalue weighted by Crippen LogP contribution is 2.32. The number of ether oxygens (including phenoxy) is 1. The van der Waals surface area contributed by atoms with E-state index in [4.69, 9.17) is 9.72 Å². The lowest BCUT2D eigenvalue weighted by atomic mass is 10.2. The van der Waals surface area contributed by atoms with E-state index in [-0.39, 0.29) is 23.0 Å². The molecule has 0 aliphatic carbocycles. The van der Waals surface area contributed by atoms with E-state index in [0.29, 0.717) is 35.3 Å². The molecule has 4 rings (SSSR count). The lowest BCUT2D eigenvalue weighted by Gasteiger charge is -2.28. The molecular weight excluding hydrogens is 492 g/mol. The average molecular weight is 527 g/mol. The summed E-state index contributed by atoms with van der Waals surface area (Å²) in [4.78, 5) is 52.0. The first-order chi connectivity index (χ1) is 17.5. The number of hydrogen-bond donors (Lipinski definition) is 1. The minimum atomic E-state index is -0.638. The highest BCUT2D eigenvalue weighted by Gasteiger charge is 2.34. The predicted molar refractivity (Wildman–Crippen MR) is 144 cm³/mol. The van der Waals surface area contributed by atoms with Gasteiger partial charge in [-0.05, 0) is 46.1 Å². The van der Waals surface area contributed by atoms with Crippen molar-refractivity contribution in [2.45, 2.75) is 64.8 Å². The average Bonchev–Trinajstić information content (AvgIpc) is 3.51. The minimum absolute atomic E-state index is 0.0604. The summed E-state index contributed by atoms with van der Waals surface area (Å²) >= 11 is 1.29. The first-order valence-corrected chi connectivity index (χ1v) is 13.2. The smallest absolute Gasteiger partial charge is 0.410 e. The van der Waals surface area contributed by atoms with Crippen LogP contribution < -0.4 is 15.8 Å². The molecule has 37 heavy (non-hydrogen) atoms. The highest BCUT2D eigenvalue weighted by molar-refractivity contribution is 7.21. The van der Waals surface area contributed by atoms with Gasteiger partial charge in [0.15, 0.2) is 15.5 Å². The Morgan fingerprint density at radius 1 is 1.24 bits per heavy atom. The number of thiazole rings is 1. The van der Waals surface area contributed by atoms with Crippen molar-refractivity contribution in [3.63, 3.8) is 0 Å². The maximum atomic E-state index is 13.2. The van der Waals surface area contributed by atoms with Crippen LogP contribution in [-0.4, -0.2) is 56.7 Å².